The molecule has 3 unspecified atom stereocenters. The maximum Gasteiger partial charge on any atom is 0.410 e. The van der Waals surface area contributed by atoms with Crippen LogP contribution in [0.3, 0.4) is 0 Å². The van der Waals surface area contributed by atoms with E-state index < -0.39 is 5.60 Å². The molecule has 134 valence electrons. The summed E-state index contributed by atoms with van der Waals surface area (Å²) in [5.41, 5.74) is -0.448. The van der Waals surface area contributed by atoms with E-state index in [1.807, 2.05) is 25.7 Å². The summed E-state index contributed by atoms with van der Waals surface area (Å²) in [6, 6.07) is 1.07. The third-order valence-corrected chi connectivity index (χ3v) is 4.65. The van der Waals surface area contributed by atoms with Gasteiger partial charge in [0.15, 0.2) is 0 Å². The molecule has 0 aromatic rings. The fourth-order valence-electron chi connectivity index (χ4n) is 3.83. The highest BCUT2D eigenvalue weighted by Gasteiger charge is 2.45. The molecule has 2 N–H and O–H groups in total. The number of methoxy groups -OCH3 is 1. The van der Waals surface area contributed by atoms with Gasteiger partial charge in [-0.1, -0.05) is 0 Å². The van der Waals surface area contributed by atoms with Crippen molar-refractivity contribution in [3.05, 3.63) is 0 Å². The molecule has 2 fully saturated rings. The number of nitrogens with zero attached hydrogens (tertiary/aromatic N) is 1. The first-order valence-corrected chi connectivity index (χ1v) is 8.71. The van der Waals surface area contributed by atoms with Crippen LogP contribution in [-0.2, 0) is 9.47 Å². The first kappa shape index (κ1) is 18.5. The van der Waals surface area contributed by atoms with E-state index in [1.165, 1.54) is 0 Å². The van der Waals surface area contributed by atoms with Crippen molar-refractivity contribution in [3.63, 3.8) is 0 Å². The van der Waals surface area contributed by atoms with E-state index >= 15 is 0 Å². The van der Waals surface area contributed by atoms with Gasteiger partial charge in [0.1, 0.15) is 5.60 Å². The van der Waals surface area contributed by atoms with Crippen molar-refractivity contribution in [1.82, 2.24) is 10.2 Å². The zero-order valence-corrected chi connectivity index (χ0v) is 14.9. The summed E-state index contributed by atoms with van der Waals surface area (Å²) in [4.78, 5) is 14.4. The van der Waals surface area contributed by atoms with Gasteiger partial charge < -0.3 is 24.8 Å². The Balaban J connectivity index is 1.92. The van der Waals surface area contributed by atoms with Gasteiger partial charge in [-0.3, -0.25) is 0 Å². The molecule has 0 aliphatic carbocycles. The summed E-state index contributed by atoms with van der Waals surface area (Å²) >= 11 is 0. The SMILES string of the molecule is COCC(CCO)NC1CC2CCC(C1)N2C(=O)OC(C)(C)C. The van der Waals surface area contributed by atoms with E-state index in [4.69, 9.17) is 14.6 Å². The largest absolute Gasteiger partial charge is 0.444 e. The van der Waals surface area contributed by atoms with Crippen molar-refractivity contribution in [3.8, 4) is 0 Å². The Hall–Kier alpha value is -0.850. The second-order valence-electron chi connectivity index (χ2n) is 7.77. The van der Waals surface area contributed by atoms with E-state index in [9.17, 15) is 4.79 Å². The molecule has 2 rings (SSSR count). The van der Waals surface area contributed by atoms with Crippen molar-refractivity contribution in [2.45, 2.75) is 82.6 Å². The predicted octanol–water partition coefficient (Wildman–Crippen LogP) is 1.90. The van der Waals surface area contributed by atoms with E-state index in [-0.39, 0.29) is 30.8 Å². The lowest BCUT2D eigenvalue weighted by atomic mass is 9.96. The minimum atomic E-state index is -0.448. The van der Waals surface area contributed by atoms with Crippen molar-refractivity contribution < 1.29 is 19.4 Å². The molecule has 2 aliphatic heterocycles. The second kappa shape index (κ2) is 7.81. The number of piperidine rings is 1. The minimum absolute atomic E-state index is 0.157. The van der Waals surface area contributed by atoms with E-state index in [1.54, 1.807) is 7.11 Å². The number of aliphatic hydroxyl groups is 1. The summed E-state index contributed by atoms with van der Waals surface area (Å²) in [5.74, 6) is 0. The van der Waals surface area contributed by atoms with Crippen LogP contribution in [0.2, 0.25) is 0 Å². The summed E-state index contributed by atoms with van der Waals surface area (Å²) in [6.45, 7) is 6.48. The number of carbonyl (C=O) groups excluding carboxylic acids is 1. The van der Waals surface area contributed by atoms with Crippen LogP contribution in [0.4, 0.5) is 4.79 Å². The van der Waals surface area contributed by atoms with Crippen LogP contribution in [0, 0.1) is 0 Å². The molecule has 2 heterocycles. The summed E-state index contributed by atoms with van der Waals surface area (Å²) in [6.07, 6.45) is 4.51. The maximum absolute atomic E-state index is 12.4. The highest BCUT2D eigenvalue weighted by Crippen LogP contribution is 2.37. The lowest BCUT2D eigenvalue weighted by Crippen LogP contribution is -2.54. The van der Waals surface area contributed by atoms with Crippen LogP contribution in [0.25, 0.3) is 0 Å². The minimum Gasteiger partial charge on any atom is -0.444 e. The molecule has 0 spiro atoms. The molecule has 0 saturated carbocycles. The normalized spacial score (nSPS) is 28.7. The zero-order valence-electron chi connectivity index (χ0n) is 14.9. The van der Waals surface area contributed by atoms with Crippen LogP contribution in [0.5, 0.6) is 0 Å². The Morgan fingerprint density at radius 3 is 2.39 bits per heavy atom. The number of hydrogen-bond acceptors (Lipinski definition) is 5. The molecule has 0 aromatic heterocycles. The summed E-state index contributed by atoms with van der Waals surface area (Å²) < 4.78 is 10.8. The third-order valence-electron chi connectivity index (χ3n) is 4.65. The number of rotatable bonds is 6. The Morgan fingerprint density at radius 1 is 1.30 bits per heavy atom. The van der Waals surface area contributed by atoms with Crippen molar-refractivity contribution in [2.24, 2.45) is 0 Å². The Bertz CT molecular complexity index is 377. The molecular weight excluding hydrogens is 296 g/mol. The number of amides is 1. The standard InChI is InChI=1S/C17H32N2O4/c1-17(2,3)23-16(21)19-14-5-6-15(19)10-13(9-14)18-12(7-8-20)11-22-4/h12-15,18,20H,5-11H2,1-4H3. The van der Waals surface area contributed by atoms with E-state index in [2.05, 4.69) is 5.32 Å². The summed E-state index contributed by atoms with van der Waals surface area (Å²) in [7, 11) is 1.68. The molecule has 0 aromatic carbocycles. The molecule has 2 bridgehead atoms. The molecule has 3 atom stereocenters. The molecule has 2 saturated heterocycles. The Morgan fingerprint density at radius 2 is 1.91 bits per heavy atom. The quantitative estimate of drug-likeness (QED) is 0.779. The molecule has 1 amide bonds. The van der Waals surface area contributed by atoms with Gasteiger partial charge in [-0.2, -0.15) is 0 Å². The lowest BCUT2D eigenvalue weighted by molar-refractivity contribution is 0.00354. The Labute approximate surface area is 139 Å². The first-order chi connectivity index (χ1) is 10.8. The first-order valence-electron chi connectivity index (χ1n) is 8.71. The van der Waals surface area contributed by atoms with Crippen molar-refractivity contribution in [2.75, 3.05) is 20.3 Å². The van der Waals surface area contributed by atoms with Gasteiger partial charge in [-0.05, 0) is 52.9 Å². The number of hydrogen-bond donors (Lipinski definition) is 2. The molecule has 2 aliphatic rings. The number of nitrogens with one attached hydrogen (secondary N) is 1. The van der Waals surface area contributed by atoms with Gasteiger partial charge in [-0.15, -0.1) is 0 Å². The van der Waals surface area contributed by atoms with Crippen molar-refractivity contribution >= 4 is 6.09 Å². The molecule has 6 heteroatoms. The third kappa shape index (κ3) is 5.06. The average Bonchev–Trinajstić information content (AvgIpc) is 2.69. The summed E-state index contributed by atoms with van der Waals surface area (Å²) in [5, 5.41) is 12.8. The number of ether oxygens (including phenoxy) is 2. The number of carbonyl (C=O) groups is 1. The van der Waals surface area contributed by atoms with E-state index in [0.29, 0.717) is 19.1 Å². The van der Waals surface area contributed by atoms with Gasteiger partial charge in [0.25, 0.3) is 0 Å². The van der Waals surface area contributed by atoms with Gasteiger partial charge in [0.2, 0.25) is 0 Å². The van der Waals surface area contributed by atoms with Crippen LogP contribution in [0.1, 0.15) is 52.9 Å². The predicted molar refractivity (Wildman–Crippen MR) is 88.4 cm³/mol. The van der Waals surface area contributed by atoms with Crippen LogP contribution >= 0.6 is 0 Å². The highest BCUT2D eigenvalue weighted by molar-refractivity contribution is 5.69. The van der Waals surface area contributed by atoms with Gasteiger partial charge >= 0.3 is 6.09 Å². The number of aliphatic hydroxyl groups excluding tert-OH is 1. The average molecular weight is 328 g/mol. The maximum atomic E-state index is 12.4. The molecule has 23 heavy (non-hydrogen) atoms. The fraction of sp³-hybridized carbons (Fsp3) is 0.941. The number of fused-ring (bicyclic) bond motifs is 2. The Kier molecular flexibility index (Phi) is 6.28. The van der Waals surface area contributed by atoms with Crippen molar-refractivity contribution in [1.29, 1.82) is 0 Å². The monoisotopic (exact) mass is 328 g/mol. The molecule has 0 radical (unpaired) electrons. The lowest BCUT2D eigenvalue weighted by Gasteiger charge is -2.40. The molecule has 6 nitrogen and oxygen atoms in total. The van der Waals surface area contributed by atoms with Gasteiger partial charge in [0, 0.05) is 37.9 Å². The topological polar surface area (TPSA) is 71.0 Å². The molecular formula is C17H32N2O4. The zero-order chi connectivity index (χ0) is 17.0. The second-order valence-corrected chi connectivity index (χ2v) is 7.77. The van der Waals surface area contributed by atoms with Crippen LogP contribution in [0.15, 0.2) is 0 Å². The van der Waals surface area contributed by atoms with E-state index in [0.717, 1.165) is 25.7 Å². The van der Waals surface area contributed by atoms with Gasteiger partial charge in [-0.25, -0.2) is 4.79 Å². The highest BCUT2D eigenvalue weighted by atomic mass is 16.6. The van der Waals surface area contributed by atoms with Crippen LogP contribution < -0.4 is 5.32 Å². The van der Waals surface area contributed by atoms with Gasteiger partial charge in [0.05, 0.1) is 6.61 Å². The smallest absolute Gasteiger partial charge is 0.410 e. The van der Waals surface area contributed by atoms with Crippen LogP contribution in [-0.4, -0.2) is 66.2 Å². The fourth-order valence-corrected chi connectivity index (χ4v) is 3.83.